The molecule has 0 bridgehead atoms. The van der Waals surface area contributed by atoms with Crippen LogP contribution in [-0.2, 0) is 16.0 Å². The van der Waals surface area contributed by atoms with Crippen LogP contribution >= 0.6 is 0 Å². The van der Waals surface area contributed by atoms with Gasteiger partial charge in [0, 0.05) is 12.1 Å². The average Bonchev–Trinajstić information content (AvgIpc) is 2.44. The lowest BCUT2D eigenvalue weighted by molar-refractivity contribution is -0.139. The Morgan fingerprint density at radius 1 is 1.21 bits per heavy atom. The third kappa shape index (κ3) is 4.57. The molecule has 1 aliphatic carbocycles. The number of carboxylic acid groups (broad SMARTS) is 1. The van der Waals surface area contributed by atoms with E-state index in [1.165, 1.54) is 5.56 Å². The lowest BCUT2D eigenvalue weighted by Crippen LogP contribution is -2.55. The number of carboxylic acids is 1. The van der Waals surface area contributed by atoms with E-state index in [0.717, 1.165) is 36.1 Å². The van der Waals surface area contributed by atoms with Crippen LogP contribution in [0.15, 0.2) is 12.1 Å². The predicted molar refractivity (Wildman–Crippen MR) is 94.2 cm³/mol. The number of rotatable bonds is 7. The molecule has 2 N–H and O–H groups in total. The predicted octanol–water partition coefficient (Wildman–Crippen LogP) is 2.21. The topological polar surface area (TPSA) is 69.6 Å². The highest BCUT2D eigenvalue weighted by atomic mass is 16.4. The van der Waals surface area contributed by atoms with Gasteiger partial charge in [-0.25, -0.2) is 0 Å². The largest absolute Gasteiger partial charge is 0.480 e. The fraction of sp³-hybridized carbons (Fsp3) is 0.579. The third-order valence-electron chi connectivity index (χ3n) is 4.92. The van der Waals surface area contributed by atoms with Crippen LogP contribution in [0.25, 0.3) is 0 Å². The van der Waals surface area contributed by atoms with Crippen LogP contribution in [0.2, 0.25) is 0 Å². The Kier molecular flexibility index (Phi) is 5.99. The Labute approximate surface area is 144 Å². The van der Waals surface area contributed by atoms with Gasteiger partial charge >= 0.3 is 5.97 Å². The Morgan fingerprint density at radius 2 is 1.79 bits per heavy atom. The van der Waals surface area contributed by atoms with Gasteiger partial charge in [-0.15, -0.1) is 0 Å². The van der Waals surface area contributed by atoms with Gasteiger partial charge in [-0.2, -0.15) is 0 Å². The zero-order valence-corrected chi connectivity index (χ0v) is 15.1. The Bertz CT molecular complexity index is 598. The third-order valence-corrected chi connectivity index (χ3v) is 4.92. The highest BCUT2D eigenvalue weighted by molar-refractivity contribution is 5.79. The highest BCUT2D eigenvalue weighted by Crippen LogP contribution is 2.26. The molecule has 1 amide bonds. The van der Waals surface area contributed by atoms with Gasteiger partial charge in [0.15, 0.2) is 0 Å². The van der Waals surface area contributed by atoms with E-state index in [9.17, 15) is 9.59 Å². The van der Waals surface area contributed by atoms with E-state index in [2.05, 4.69) is 24.4 Å². The van der Waals surface area contributed by atoms with E-state index < -0.39 is 5.97 Å². The molecule has 24 heavy (non-hydrogen) atoms. The molecule has 1 saturated carbocycles. The molecule has 1 fully saturated rings. The van der Waals surface area contributed by atoms with E-state index in [-0.39, 0.29) is 24.5 Å². The van der Waals surface area contributed by atoms with Crippen molar-refractivity contribution in [1.29, 1.82) is 0 Å². The first-order valence-corrected chi connectivity index (χ1v) is 8.62. The number of aliphatic carboxylic acids is 1. The molecule has 1 aliphatic rings. The number of carbonyl (C=O) groups excluding carboxylic acids is 1. The lowest BCUT2D eigenvalue weighted by Gasteiger charge is -2.42. The Morgan fingerprint density at radius 3 is 2.29 bits per heavy atom. The number of carbonyl (C=O) groups is 2. The highest BCUT2D eigenvalue weighted by Gasteiger charge is 2.34. The van der Waals surface area contributed by atoms with Crippen molar-refractivity contribution < 1.29 is 14.7 Å². The van der Waals surface area contributed by atoms with Crippen molar-refractivity contribution in [2.45, 2.75) is 59.0 Å². The van der Waals surface area contributed by atoms with Crippen LogP contribution in [0.3, 0.4) is 0 Å². The number of hydrogen-bond donors (Lipinski definition) is 2. The monoisotopic (exact) mass is 332 g/mol. The van der Waals surface area contributed by atoms with E-state index in [1.807, 2.05) is 25.7 Å². The second kappa shape index (κ2) is 7.79. The summed E-state index contributed by atoms with van der Waals surface area (Å²) in [6.07, 6.45) is 2.07. The van der Waals surface area contributed by atoms with E-state index in [4.69, 9.17) is 5.11 Å². The van der Waals surface area contributed by atoms with Crippen molar-refractivity contribution in [2.75, 3.05) is 13.1 Å². The minimum absolute atomic E-state index is 0.0507. The summed E-state index contributed by atoms with van der Waals surface area (Å²) in [5.41, 5.74) is 4.64. The number of amides is 1. The summed E-state index contributed by atoms with van der Waals surface area (Å²) in [6, 6.07) is 4.65. The smallest absolute Gasteiger partial charge is 0.317 e. The van der Waals surface area contributed by atoms with Gasteiger partial charge in [-0.1, -0.05) is 24.6 Å². The fourth-order valence-electron chi connectivity index (χ4n) is 3.60. The van der Waals surface area contributed by atoms with Gasteiger partial charge in [-0.3, -0.25) is 14.5 Å². The first-order chi connectivity index (χ1) is 11.3. The number of likely N-dealkylation sites (N-methyl/N-ethyl adjacent to an activating group) is 1. The van der Waals surface area contributed by atoms with Gasteiger partial charge in [0.1, 0.15) is 0 Å². The standard InChI is InChI=1S/C19H28N2O3/c1-5-21(11-19(23)24)16-8-15(9-16)20-18(22)10-17-13(3)6-12(2)7-14(17)4/h6-7,15-16H,5,8-11H2,1-4H3,(H,20,22)(H,23,24). The van der Waals surface area contributed by atoms with Crippen LogP contribution in [-0.4, -0.2) is 47.1 Å². The molecule has 0 aliphatic heterocycles. The summed E-state index contributed by atoms with van der Waals surface area (Å²) in [6.45, 7) is 8.93. The molecule has 1 aromatic rings. The van der Waals surface area contributed by atoms with Crippen molar-refractivity contribution in [3.05, 3.63) is 34.4 Å². The maximum Gasteiger partial charge on any atom is 0.317 e. The fourth-order valence-corrected chi connectivity index (χ4v) is 3.60. The van der Waals surface area contributed by atoms with Crippen molar-refractivity contribution in [1.82, 2.24) is 10.2 Å². The number of hydrogen-bond acceptors (Lipinski definition) is 3. The molecule has 0 heterocycles. The molecule has 0 spiro atoms. The molecule has 132 valence electrons. The molecule has 0 radical (unpaired) electrons. The molecular weight excluding hydrogens is 304 g/mol. The van der Waals surface area contributed by atoms with E-state index in [0.29, 0.717) is 6.42 Å². The van der Waals surface area contributed by atoms with Crippen molar-refractivity contribution in [3.8, 4) is 0 Å². The van der Waals surface area contributed by atoms with E-state index >= 15 is 0 Å². The Hall–Kier alpha value is -1.88. The zero-order chi connectivity index (χ0) is 17.9. The summed E-state index contributed by atoms with van der Waals surface area (Å²) in [4.78, 5) is 25.1. The maximum atomic E-state index is 12.3. The van der Waals surface area contributed by atoms with Gasteiger partial charge in [-0.05, 0) is 56.8 Å². The molecule has 2 rings (SSSR count). The molecular formula is C19H28N2O3. The average molecular weight is 332 g/mol. The number of nitrogens with zero attached hydrogens (tertiary/aromatic N) is 1. The minimum Gasteiger partial charge on any atom is -0.480 e. The molecule has 1 aromatic carbocycles. The molecule has 5 heteroatoms. The molecule has 0 aromatic heterocycles. The van der Waals surface area contributed by atoms with Crippen LogP contribution < -0.4 is 5.32 Å². The summed E-state index contributed by atoms with van der Waals surface area (Å²) in [5, 5.41) is 12.0. The minimum atomic E-state index is -0.797. The Balaban J connectivity index is 1.84. The van der Waals surface area contributed by atoms with E-state index in [1.54, 1.807) is 0 Å². The van der Waals surface area contributed by atoms with Crippen LogP contribution in [0.5, 0.6) is 0 Å². The second-order valence-electron chi connectivity index (χ2n) is 6.90. The second-order valence-corrected chi connectivity index (χ2v) is 6.90. The van der Waals surface area contributed by atoms with Gasteiger partial charge in [0.05, 0.1) is 13.0 Å². The van der Waals surface area contributed by atoms with Crippen LogP contribution in [0.4, 0.5) is 0 Å². The maximum absolute atomic E-state index is 12.3. The molecule has 0 saturated heterocycles. The van der Waals surface area contributed by atoms with Gasteiger partial charge < -0.3 is 10.4 Å². The number of nitrogens with one attached hydrogen (secondary N) is 1. The van der Waals surface area contributed by atoms with Crippen molar-refractivity contribution >= 4 is 11.9 Å². The lowest BCUT2D eigenvalue weighted by atomic mass is 9.85. The van der Waals surface area contributed by atoms with Crippen molar-refractivity contribution in [2.24, 2.45) is 0 Å². The first kappa shape index (κ1) is 18.5. The molecule has 0 atom stereocenters. The molecule has 5 nitrogen and oxygen atoms in total. The van der Waals surface area contributed by atoms with Crippen LogP contribution in [0, 0.1) is 20.8 Å². The van der Waals surface area contributed by atoms with Crippen molar-refractivity contribution in [3.63, 3.8) is 0 Å². The normalized spacial score (nSPS) is 19.9. The zero-order valence-electron chi connectivity index (χ0n) is 15.1. The molecule has 0 unspecified atom stereocenters. The summed E-state index contributed by atoms with van der Waals surface area (Å²) < 4.78 is 0. The quantitative estimate of drug-likeness (QED) is 0.803. The summed E-state index contributed by atoms with van der Waals surface area (Å²) in [7, 11) is 0. The first-order valence-electron chi connectivity index (χ1n) is 8.62. The number of benzene rings is 1. The summed E-state index contributed by atoms with van der Waals surface area (Å²) in [5.74, 6) is -0.746. The summed E-state index contributed by atoms with van der Waals surface area (Å²) >= 11 is 0. The van der Waals surface area contributed by atoms with Gasteiger partial charge in [0.25, 0.3) is 0 Å². The SMILES string of the molecule is CCN(CC(=O)O)C1CC(NC(=O)Cc2c(C)cc(C)cc2C)C1. The van der Waals surface area contributed by atoms with Crippen LogP contribution in [0.1, 0.15) is 42.0 Å². The van der Waals surface area contributed by atoms with Gasteiger partial charge in [0.2, 0.25) is 5.91 Å². The number of aryl methyl sites for hydroxylation is 3.